The normalized spacial score (nSPS) is 20.7. The van der Waals surface area contributed by atoms with Crippen LogP contribution in [0, 0.1) is 0 Å². The van der Waals surface area contributed by atoms with E-state index in [0.29, 0.717) is 11.1 Å². The summed E-state index contributed by atoms with van der Waals surface area (Å²) in [5.74, 6) is 0.0511. The third kappa shape index (κ3) is 5.65. The molecular weight excluding hydrogens is 387 g/mol. The number of rotatable bonds is 5. The van der Waals surface area contributed by atoms with Gasteiger partial charge in [0.05, 0.1) is 5.02 Å². The minimum atomic E-state index is -0.314. The van der Waals surface area contributed by atoms with Crippen LogP contribution in [0.3, 0.4) is 0 Å². The molecule has 0 aromatic heterocycles. The molecule has 0 bridgehead atoms. The Labute approximate surface area is 170 Å². The largest absolute Gasteiger partial charge is 0.352 e. The molecule has 1 aliphatic heterocycles. The molecule has 1 saturated heterocycles. The van der Waals surface area contributed by atoms with Crippen LogP contribution in [0.2, 0.25) is 5.02 Å². The first kappa shape index (κ1) is 21.1. The smallest absolute Gasteiger partial charge is 0.238 e. The van der Waals surface area contributed by atoms with E-state index in [1.54, 1.807) is 0 Å². The third-order valence-corrected chi connectivity index (χ3v) is 6.17. The lowest BCUT2D eigenvalue weighted by Crippen LogP contribution is -2.47. The second-order valence-corrected chi connectivity index (χ2v) is 7.98. The monoisotopic (exact) mass is 410 g/mol. The van der Waals surface area contributed by atoms with E-state index in [2.05, 4.69) is 17.6 Å². The SMILES string of the molecule is CC1CC(NC(=O)C(Sc2ccccc2Cl)c2ccccc2)CCN1.Cl. The average Bonchev–Trinajstić information content (AvgIpc) is 2.61. The molecule has 1 amide bonds. The molecule has 0 radical (unpaired) electrons. The fourth-order valence-electron chi connectivity index (χ4n) is 3.11. The number of nitrogens with one attached hydrogen (secondary N) is 2. The fourth-order valence-corrected chi connectivity index (χ4v) is 4.44. The van der Waals surface area contributed by atoms with Crippen LogP contribution in [0.15, 0.2) is 59.5 Å². The topological polar surface area (TPSA) is 41.1 Å². The third-order valence-electron chi connectivity index (χ3n) is 4.39. The van der Waals surface area contributed by atoms with Gasteiger partial charge in [0.1, 0.15) is 5.25 Å². The molecule has 0 aliphatic carbocycles. The van der Waals surface area contributed by atoms with E-state index >= 15 is 0 Å². The summed E-state index contributed by atoms with van der Waals surface area (Å²) in [5.41, 5.74) is 0.993. The van der Waals surface area contributed by atoms with Crippen LogP contribution in [-0.4, -0.2) is 24.5 Å². The minimum Gasteiger partial charge on any atom is -0.352 e. The zero-order valence-corrected chi connectivity index (χ0v) is 17.0. The standard InChI is InChI=1S/C20H23ClN2OS.ClH/c1-14-13-16(11-12-22-14)23-20(24)19(15-7-3-2-4-8-15)25-18-10-6-5-9-17(18)21;/h2-10,14,16,19,22H,11-13H2,1H3,(H,23,24);1H. The summed E-state index contributed by atoms with van der Waals surface area (Å²) >= 11 is 7.82. The first-order chi connectivity index (χ1) is 12.1. The van der Waals surface area contributed by atoms with E-state index in [1.807, 2.05) is 54.6 Å². The Morgan fingerprint density at radius 2 is 1.88 bits per heavy atom. The van der Waals surface area contributed by atoms with E-state index in [0.717, 1.165) is 29.8 Å². The first-order valence-electron chi connectivity index (χ1n) is 8.63. The summed E-state index contributed by atoms with van der Waals surface area (Å²) < 4.78 is 0. The van der Waals surface area contributed by atoms with E-state index in [4.69, 9.17) is 11.6 Å². The molecule has 3 unspecified atom stereocenters. The van der Waals surface area contributed by atoms with Crippen molar-refractivity contribution in [2.45, 2.75) is 42.0 Å². The maximum absolute atomic E-state index is 13.0. The molecule has 1 heterocycles. The number of halogens is 2. The Bertz CT molecular complexity index is 714. The number of piperidine rings is 1. The highest BCUT2D eigenvalue weighted by Crippen LogP contribution is 2.39. The van der Waals surface area contributed by atoms with Crippen molar-refractivity contribution in [2.75, 3.05) is 6.54 Å². The lowest BCUT2D eigenvalue weighted by Gasteiger charge is -2.30. The summed E-state index contributed by atoms with van der Waals surface area (Å²) in [6.45, 7) is 3.10. The molecule has 26 heavy (non-hydrogen) atoms. The quantitative estimate of drug-likeness (QED) is 0.691. The van der Waals surface area contributed by atoms with E-state index in [9.17, 15) is 4.79 Å². The van der Waals surface area contributed by atoms with Crippen LogP contribution >= 0.6 is 35.8 Å². The molecule has 3 nitrogen and oxygen atoms in total. The zero-order valence-electron chi connectivity index (χ0n) is 14.7. The van der Waals surface area contributed by atoms with Gasteiger partial charge in [0, 0.05) is 17.0 Å². The molecular formula is C20H24Cl2N2OS. The Morgan fingerprint density at radius 3 is 2.58 bits per heavy atom. The van der Waals surface area contributed by atoms with Crippen LogP contribution in [0.1, 0.15) is 30.6 Å². The minimum absolute atomic E-state index is 0. The van der Waals surface area contributed by atoms with Crippen molar-refractivity contribution in [3.8, 4) is 0 Å². The van der Waals surface area contributed by atoms with Gasteiger partial charge in [-0.3, -0.25) is 4.79 Å². The molecule has 6 heteroatoms. The maximum atomic E-state index is 13.0. The van der Waals surface area contributed by atoms with Crippen LogP contribution in [-0.2, 0) is 4.79 Å². The van der Waals surface area contributed by atoms with E-state index in [-0.39, 0.29) is 29.6 Å². The second kappa shape index (κ2) is 10.2. The predicted molar refractivity (Wildman–Crippen MR) is 112 cm³/mol. The van der Waals surface area contributed by atoms with Gasteiger partial charge in [-0.05, 0) is 44.0 Å². The summed E-state index contributed by atoms with van der Waals surface area (Å²) in [7, 11) is 0. The predicted octanol–water partition coefficient (Wildman–Crippen LogP) is 4.85. The van der Waals surface area contributed by atoms with Gasteiger partial charge >= 0.3 is 0 Å². The van der Waals surface area contributed by atoms with Crippen molar-refractivity contribution in [1.29, 1.82) is 0 Å². The van der Waals surface area contributed by atoms with Crippen molar-refractivity contribution in [1.82, 2.24) is 10.6 Å². The molecule has 2 N–H and O–H groups in total. The zero-order chi connectivity index (χ0) is 17.6. The highest BCUT2D eigenvalue weighted by molar-refractivity contribution is 8.00. The molecule has 1 aliphatic rings. The van der Waals surface area contributed by atoms with Crippen molar-refractivity contribution >= 4 is 41.7 Å². The van der Waals surface area contributed by atoms with Gasteiger partial charge in [0.25, 0.3) is 0 Å². The number of carbonyl (C=O) groups excluding carboxylic acids is 1. The lowest BCUT2D eigenvalue weighted by atomic mass is 10.00. The van der Waals surface area contributed by atoms with Gasteiger partial charge in [-0.15, -0.1) is 24.2 Å². The molecule has 2 aromatic carbocycles. The summed E-state index contributed by atoms with van der Waals surface area (Å²) in [5, 5.41) is 7.03. The highest BCUT2D eigenvalue weighted by Gasteiger charge is 2.27. The molecule has 0 saturated carbocycles. The van der Waals surface area contributed by atoms with Gasteiger partial charge < -0.3 is 10.6 Å². The molecule has 1 fully saturated rings. The second-order valence-electron chi connectivity index (χ2n) is 6.42. The fraction of sp³-hybridized carbons (Fsp3) is 0.350. The molecule has 140 valence electrons. The number of amides is 1. The molecule has 2 aromatic rings. The van der Waals surface area contributed by atoms with Crippen LogP contribution in [0.25, 0.3) is 0 Å². The van der Waals surface area contributed by atoms with E-state index in [1.165, 1.54) is 11.8 Å². The highest BCUT2D eigenvalue weighted by atomic mass is 35.5. The van der Waals surface area contributed by atoms with Crippen LogP contribution in [0.4, 0.5) is 0 Å². The van der Waals surface area contributed by atoms with Gasteiger partial charge in [0.2, 0.25) is 5.91 Å². The van der Waals surface area contributed by atoms with Gasteiger partial charge in [-0.1, -0.05) is 54.1 Å². The van der Waals surface area contributed by atoms with Crippen LogP contribution < -0.4 is 10.6 Å². The first-order valence-corrected chi connectivity index (χ1v) is 9.89. The summed E-state index contributed by atoms with van der Waals surface area (Å²) in [4.78, 5) is 14.0. The Kier molecular flexibility index (Phi) is 8.29. The van der Waals surface area contributed by atoms with Crippen molar-refractivity contribution in [3.05, 3.63) is 65.2 Å². The maximum Gasteiger partial charge on any atom is 0.238 e. The average molecular weight is 411 g/mol. The van der Waals surface area contributed by atoms with Gasteiger partial charge in [-0.25, -0.2) is 0 Å². The summed E-state index contributed by atoms with van der Waals surface area (Å²) in [6, 6.07) is 18.2. The summed E-state index contributed by atoms with van der Waals surface area (Å²) in [6.07, 6.45) is 1.93. The number of hydrogen-bond acceptors (Lipinski definition) is 3. The molecule has 3 rings (SSSR count). The van der Waals surface area contributed by atoms with Gasteiger partial charge in [-0.2, -0.15) is 0 Å². The number of hydrogen-bond donors (Lipinski definition) is 2. The number of carbonyl (C=O) groups is 1. The number of benzene rings is 2. The van der Waals surface area contributed by atoms with Crippen LogP contribution in [0.5, 0.6) is 0 Å². The molecule has 0 spiro atoms. The van der Waals surface area contributed by atoms with Crippen molar-refractivity contribution < 1.29 is 4.79 Å². The van der Waals surface area contributed by atoms with Gasteiger partial charge in [0.15, 0.2) is 0 Å². The molecule has 3 atom stereocenters. The number of thioether (sulfide) groups is 1. The Hall–Kier alpha value is -1.20. The van der Waals surface area contributed by atoms with E-state index < -0.39 is 0 Å². The Balaban J connectivity index is 0.00000243. The van der Waals surface area contributed by atoms with Crippen molar-refractivity contribution in [2.24, 2.45) is 0 Å². The lowest BCUT2D eigenvalue weighted by molar-refractivity contribution is -0.121. The Morgan fingerprint density at radius 1 is 1.19 bits per heavy atom. The van der Waals surface area contributed by atoms with Crippen molar-refractivity contribution in [3.63, 3.8) is 0 Å².